The van der Waals surface area contributed by atoms with Crippen molar-refractivity contribution in [2.24, 2.45) is 0 Å². The highest BCUT2D eigenvalue weighted by Crippen LogP contribution is 2.29. The molecule has 0 spiro atoms. The summed E-state index contributed by atoms with van der Waals surface area (Å²) in [7, 11) is 2.05. The Morgan fingerprint density at radius 1 is 1.28 bits per heavy atom. The molecule has 0 amide bonds. The number of hydrogen-bond donors (Lipinski definition) is 1. The van der Waals surface area contributed by atoms with Crippen molar-refractivity contribution in [1.29, 1.82) is 0 Å². The fourth-order valence-corrected chi connectivity index (χ4v) is 3.02. The van der Waals surface area contributed by atoms with E-state index in [-0.39, 0.29) is 0 Å². The van der Waals surface area contributed by atoms with E-state index in [4.69, 9.17) is 0 Å². The van der Waals surface area contributed by atoms with E-state index >= 15 is 0 Å². The van der Waals surface area contributed by atoms with Gasteiger partial charge < -0.3 is 10.2 Å². The lowest BCUT2D eigenvalue weighted by Gasteiger charge is -2.39. The molecule has 0 saturated carbocycles. The molecule has 1 aliphatic heterocycles. The van der Waals surface area contributed by atoms with Gasteiger partial charge in [-0.1, -0.05) is 25.1 Å². The van der Waals surface area contributed by atoms with E-state index in [9.17, 15) is 0 Å². The van der Waals surface area contributed by atoms with Crippen molar-refractivity contribution in [3.8, 4) is 0 Å². The Balaban J connectivity index is 2.16. The van der Waals surface area contributed by atoms with Gasteiger partial charge in [-0.3, -0.25) is 0 Å². The van der Waals surface area contributed by atoms with Crippen LogP contribution in [0, 0.1) is 0 Å². The second-order valence-corrected chi connectivity index (χ2v) is 5.22. The summed E-state index contributed by atoms with van der Waals surface area (Å²) in [5.41, 5.74) is 2.97. The molecule has 100 valence electrons. The van der Waals surface area contributed by atoms with Gasteiger partial charge in [0.1, 0.15) is 0 Å². The minimum atomic E-state index is 0.721. The van der Waals surface area contributed by atoms with Crippen LogP contribution in [0.2, 0.25) is 0 Å². The first-order valence-corrected chi connectivity index (χ1v) is 7.36. The Morgan fingerprint density at radius 3 is 2.89 bits per heavy atom. The fourth-order valence-electron chi connectivity index (χ4n) is 3.02. The number of nitrogens with one attached hydrogen (secondary N) is 1. The van der Waals surface area contributed by atoms with Crippen LogP contribution in [0.5, 0.6) is 0 Å². The summed E-state index contributed by atoms with van der Waals surface area (Å²) < 4.78 is 0. The van der Waals surface area contributed by atoms with Crippen molar-refractivity contribution >= 4 is 5.69 Å². The molecule has 18 heavy (non-hydrogen) atoms. The van der Waals surface area contributed by atoms with Gasteiger partial charge in [-0.25, -0.2) is 0 Å². The van der Waals surface area contributed by atoms with Gasteiger partial charge in [0.05, 0.1) is 0 Å². The Bertz CT molecular complexity index is 362. The Morgan fingerprint density at radius 2 is 2.11 bits per heavy atom. The van der Waals surface area contributed by atoms with Crippen LogP contribution >= 0.6 is 0 Å². The van der Waals surface area contributed by atoms with Crippen LogP contribution in [0.3, 0.4) is 0 Å². The minimum absolute atomic E-state index is 0.721. The molecule has 2 heteroatoms. The number of benzene rings is 1. The number of hydrogen-bond acceptors (Lipinski definition) is 2. The molecule has 1 fully saturated rings. The minimum Gasteiger partial charge on any atom is -0.368 e. The maximum atomic E-state index is 3.29. The lowest BCUT2D eigenvalue weighted by molar-refractivity contribution is 0.432. The second kappa shape index (κ2) is 6.79. The van der Waals surface area contributed by atoms with Crippen LogP contribution in [0.1, 0.15) is 38.2 Å². The van der Waals surface area contributed by atoms with E-state index in [1.165, 1.54) is 43.5 Å². The van der Waals surface area contributed by atoms with E-state index in [1.54, 1.807) is 0 Å². The summed E-state index contributed by atoms with van der Waals surface area (Å²) in [6.45, 7) is 4.60. The number of nitrogens with zero attached hydrogens (tertiary/aromatic N) is 1. The molecular weight excluding hydrogens is 220 g/mol. The topological polar surface area (TPSA) is 15.3 Å². The highest BCUT2D eigenvalue weighted by atomic mass is 15.2. The summed E-state index contributed by atoms with van der Waals surface area (Å²) in [5, 5.41) is 3.29. The monoisotopic (exact) mass is 246 g/mol. The molecule has 1 unspecified atom stereocenters. The average Bonchev–Trinajstić information content (AvgIpc) is 2.45. The second-order valence-electron chi connectivity index (χ2n) is 5.22. The molecule has 1 atom stereocenters. The van der Waals surface area contributed by atoms with Crippen LogP contribution in [0.25, 0.3) is 0 Å². The number of anilines is 1. The molecule has 2 nitrogen and oxygen atoms in total. The summed E-state index contributed by atoms with van der Waals surface area (Å²) >= 11 is 0. The summed E-state index contributed by atoms with van der Waals surface area (Å²) in [5.74, 6) is 0. The Kier molecular flexibility index (Phi) is 5.06. The molecule has 1 heterocycles. The lowest BCUT2D eigenvalue weighted by Crippen LogP contribution is -2.41. The molecular formula is C16H26N2. The van der Waals surface area contributed by atoms with Crippen LogP contribution < -0.4 is 10.2 Å². The summed E-state index contributed by atoms with van der Waals surface area (Å²) in [6.07, 6.45) is 6.47. The molecule has 1 aromatic rings. The van der Waals surface area contributed by atoms with Gasteiger partial charge in [-0.2, -0.15) is 0 Å². The van der Waals surface area contributed by atoms with E-state index in [2.05, 4.69) is 41.4 Å². The largest absolute Gasteiger partial charge is 0.368 e. The van der Waals surface area contributed by atoms with Crippen LogP contribution in [0.4, 0.5) is 5.69 Å². The predicted octanol–water partition coefficient (Wildman–Crippen LogP) is 3.22. The third kappa shape index (κ3) is 3.05. The molecule has 0 radical (unpaired) electrons. The zero-order chi connectivity index (χ0) is 12.8. The third-order valence-corrected chi connectivity index (χ3v) is 4.04. The molecule has 0 aromatic heterocycles. The van der Waals surface area contributed by atoms with Crippen LogP contribution in [-0.4, -0.2) is 26.2 Å². The molecule has 1 N–H and O–H groups in total. The average molecular weight is 246 g/mol. The summed E-state index contributed by atoms with van der Waals surface area (Å²) in [4.78, 5) is 2.65. The number of piperidine rings is 1. The molecule has 1 aromatic carbocycles. The lowest BCUT2D eigenvalue weighted by atomic mass is 9.97. The number of rotatable bonds is 5. The SMILES string of the molecule is CCc1ccccc1N1CCCCC1CCNC. The van der Waals surface area contributed by atoms with E-state index in [1.807, 2.05) is 7.05 Å². The third-order valence-electron chi connectivity index (χ3n) is 4.04. The molecule has 0 bridgehead atoms. The zero-order valence-corrected chi connectivity index (χ0v) is 11.8. The van der Waals surface area contributed by atoms with Gasteiger partial charge in [0, 0.05) is 18.3 Å². The summed E-state index contributed by atoms with van der Waals surface area (Å²) in [6, 6.07) is 9.64. The van der Waals surface area contributed by atoms with Crippen molar-refractivity contribution in [3.63, 3.8) is 0 Å². The van der Waals surface area contributed by atoms with Crippen LogP contribution in [-0.2, 0) is 6.42 Å². The van der Waals surface area contributed by atoms with Gasteiger partial charge in [-0.05, 0) is 57.3 Å². The molecule has 1 aliphatic rings. The van der Waals surface area contributed by atoms with Crippen molar-refractivity contribution in [2.45, 2.75) is 45.1 Å². The van der Waals surface area contributed by atoms with E-state index < -0.39 is 0 Å². The fraction of sp³-hybridized carbons (Fsp3) is 0.625. The maximum absolute atomic E-state index is 3.29. The molecule has 2 rings (SSSR count). The Hall–Kier alpha value is -1.02. The predicted molar refractivity (Wildman–Crippen MR) is 79.3 cm³/mol. The molecule has 0 aliphatic carbocycles. The van der Waals surface area contributed by atoms with Gasteiger partial charge in [0.15, 0.2) is 0 Å². The van der Waals surface area contributed by atoms with Crippen molar-refractivity contribution < 1.29 is 0 Å². The van der Waals surface area contributed by atoms with Gasteiger partial charge >= 0.3 is 0 Å². The first kappa shape index (κ1) is 13.4. The standard InChI is InChI=1S/C16H26N2/c1-3-14-8-4-5-10-16(14)18-13-7-6-9-15(18)11-12-17-2/h4-5,8,10,15,17H,3,6-7,9,11-13H2,1-2H3. The number of aryl methyl sites for hydroxylation is 1. The maximum Gasteiger partial charge on any atom is 0.0401 e. The van der Waals surface area contributed by atoms with Gasteiger partial charge in [0.2, 0.25) is 0 Å². The van der Waals surface area contributed by atoms with Crippen LogP contribution in [0.15, 0.2) is 24.3 Å². The normalized spacial score (nSPS) is 20.1. The first-order chi connectivity index (χ1) is 8.86. The van der Waals surface area contributed by atoms with Gasteiger partial charge in [0.25, 0.3) is 0 Å². The zero-order valence-electron chi connectivity index (χ0n) is 11.8. The highest BCUT2D eigenvalue weighted by Gasteiger charge is 2.23. The van der Waals surface area contributed by atoms with E-state index in [0.717, 1.165) is 19.0 Å². The Labute approximate surface area is 111 Å². The smallest absolute Gasteiger partial charge is 0.0401 e. The van der Waals surface area contributed by atoms with Gasteiger partial charge in [-0.15, -0.1) is 0 Å². The van der Waals surface area contributed by atoms with Crippen molar-refractivity contribution in [3.05, 3.63) is 29.8 Å². The first-order valence-electron chi connectivity index (χ1n) is 7.36. The van der Waals surface area contributed by atoms with E-state index in [0.29, 0.717) is 0 Å². The number of para-hydroxylation sites is 1. The quantitative estimate of drug-likeness (QED) is 0.858. The van der Waals surface area contributed by atoms with Crippen molar-refractivity contribution in [2.75, 3.05) is 25.0 Å². The van der Waals surface area contributed by atoms with Crippen molar-refractivity contribution in [1.82, 2.24) is 5.32 Å². The highest BCUT2D eigenvalue weighted by molar-refractivity contribution is 5.54. The molecule has 1 saturated heterocycles.